The van der Waals surface area contributed by atoms with Crippen LogP contribution in [0.4, 0.5) is 0 Å². The zero-order chi connectivity index (χ0) is 8.97. The zero-order valence-electron chi connectivity index (χ0n) is 7.45. The molecule has 0 aromatic rings. The van der Waals surface area contributed by atoms with E-state index in [1.165, 1.54) is 6.08 Å². The molecule has 0 N–H and O–H groups in total. The lowest BCUT2D eigenvalue weighted by Gasteiger charge is -2.13. The summed E-state index contributed by atoms with van der Waals surface area (Å²) in [4.78, 5) is 12.9. The minimum absolute atomic E-state index is 0.0357. The Labute approximate surface area is 73.0 Å². The van der Waals surface area contributed by atoms with Crippen molar-refractivity contribution >= 4 is 5.91 Å². The summed E-state index contributed by atoms with van der Waals surface area (Å²) in [5.41, 5.74) is 0. The lowest BCUT2D eigenvalue weighted by Crippen LogP contribution is -2.27. The fourth-order valence-electron chi connectivity index (χ4n) is 1.53. The van der Waals surface area contributed by atoms with Crippen molar-refractivity contribution in [1.29, 1.82) is 0 Å². The molecule has 0 spiro atoms. The summed E-state index contributed by atoms with van der Waals surface area (Å²) in [6, 6.07) is 0. The fourth-order valence-corrected chi connectivity index (χ4v) is 1.53. The van der Waals surface area contributed by atoms with Gasteiger partial charge in [-0.05, 0) is 12.5 Å². The second-order valence-corrected chi connectivity index (χ2v) is 3.10. The molecule has 0 aromatic carbocycles. The van der Waals surface area contributed by atoms with Crippen LogP contribution in [0, 0.1) is 5.92 Å². The second-order valence-electron chi connectivity index (χ2n) is 3.10. The molecule has 68 valence electrons. The van der Waals surface area contributed by atoms with Gasteiger partial charge in [-0.3, -0.25) is 4.79 Å². The average molecular weight is 169 g/mol. The third kappa shape index (κ3) is 2.08. The van der Waals surface area contributed by atoms with Crippen molar-refractivity contribution in [2.45, 2.75) is 6.42 Å². The van der Waals surface area contributed by atoms with E-state index >= 15 is 0 Å². The highest BCUT2D eigenvalue weighted by Crippen LogP contribution is 2.16. The number of carbonyl (C=O) groups excluding carboxylic acids is 1. The molecule has 0 saturated carbocycles. The fraction of sp³-hybridized carbons (Fsp3) is 0.667. The van der Waals surface area contributed by atoms with Crippen molar-refractivity contribution in [3.63, 3.8) is 0 Å². The maximum Gasteiger partial charge on any atom is 0.245 e. The summed E-state index contributed by atoms with van der Waals surface area (Å²) >= 11 is 0. The maximum absolute atomic E-state index is 11.1. The number of amides is 1. The molecule has 0 radical (unpaired) electrons. The van der Waals surface area contributed by atoms with E-state index in [0.29, 0.717) is 5.92 Å². The van der Waals surface area contributed by atoms with E-state index < -0.39 is 0 Å². The molecule has 1 amide bonds. The Morgan fingerprint density at radius 1 is 1.83 bits per heavy atom. The largest absolute Gasteiger partial charge is 0.384 e. The molecular weight excluding hydrogens is 154 g/mol. The number of ether oxygens (including phenoxy) is 1. The number of nitrogens with zero attached hydrogens (tertiary/aromatic N) is 1. The van der Waals surface area contributed by atoms with Crippen LogP contribution in [-0.2, 0) is 9.53 Å². The minimum Gasteiger partial charge on any atom is -0.384 e. The van der Waals surface area contributed by atoms with Crippen LogP contribution in [0.1, 0.15) is 6.42 Å². The molecule has 1 saturated heterocycles. The van der Waals surface area contributed by atoms with Gasteiger partial charge in [0.1, 0.15) is 0 Å². The van der Waals surface area contributed by atoms with E-state index in [0.717, 1.165) is 26.1 Å². The Balaban J connectivity index is 2.34. The monoisotopic (exact) mass is 169 g/mol. The number of likely N-dealkylation sites (tertiary alicyclic amines) is 1. The minimum atomic E-state index is 0.0357. The molecule has 12 heavy (non-hydrogen) atoms. The Morgan fingerprint density at radius 3 is 3.17 bits per heavy atom. The first-order chi connectivity index (χ1) is 5.77. The van der Waals surface area contributed by atoms with E-state index in [9.17, 15) is 4.79 Å². The van der Waals surface area contributed by atoms with Crippen molar-refractivity contribution in [1.82, 2.24) is 4.90 Å². The van der Waals surface area contributed by atoms with E-state index in [1.807, 2.05) is 4.90 Å². The van der Waals surface area contributed by atoms with Crippen LogP contribution in [0.3, 0.4) is 0 Å². The molecule has 1 atom stereocenters. The topological polar surface area (TPSA) is 29.5 Å². The maximum atomic E-state index is 11.1. The van der Waals surface area contributed by atoms with Gasteiger partial charge in [0.05, 0.1) is 6.61 Å². The third-order valence-corrected chi connectivity index (χ3v) is 2.17. The highest BCUT2D eigenvalue weighted by atomic mass is 16.5. The Kier molecular flexibility index (Phi) is 3.29. The van der Waals surface area contributed by atoms with Crippen LogP contribution in [-0.4, -0.2) is 37.6 Å². The molecule has 1 rings (SSSR count). The first-order valence-electron chi connectivity index (χ1n) is 4.18. The quantitative estimate of drug-likeness (QED) is 0.581. The van der Waals surface area contributed by atoms with Gasteiger partial charge in [-0.2, -0.15) is 0 Å². The lowest BCUT2D eigenvalue weighted by molar-refractivity contribution is -0.125. The lowest BCUT2D eigenvalue weighted by atomic mass is 10.1. The van der Waals surface area contributed by atoms with Crippen LogP contribution in [0.25, 0.3) is 0 Å². The van der Waals surface area contributed by atoms with Gasteiger partial charge in [-0.15, -0.1) is 0 Å². The van der Waals surface area contributed by atoms with Crippen LogP contribution >= 0.6 is 0 Å². The highest BCUT2D eigenvalue weighted by molar-refractivity contribution is 5.87. The molecule has 1 fully saturated rings. The Morgan fingerprint density at radius 2 is 2.58 bits per heavy atom. The van der Waals surface area contributed by atoms with Gasteiger partial charge in [0, 0.05) is 26.1 Å². The molecule has 3 nitrogen and oxygen atoms in total. The van der Waals surface area contributed by atoms with Crippen molar-refractivity contribution in [2.75, 3.05) is 26.8 Å². The zero-order valence-corrected chi connectivity index (χ0v) is 7.45. The summed E-state index contributed by atoms with van der Waals surface area (Å²) in [7, 11) is 1.69. The molecule has 1 aliphatic heterocycles. The summed E-state index contributed by atoms with van der Waals surface area (Å²) in [5.74, 6) is 0.549. The van der Waals surface area contributed by atoms with Crippen LogP contribution in [0.15, 0.2) is 12.7 Å². The van der Waals surface area contributed by atoms with Crippen LogP contribution in [0.2, 0.25) is 0 Å². The van der Waals surface area contributed by atoms with Gasteiger partial charge in [0.2, 0.25) is 5.91 Å². The van der Waals surface area contributed by atoms with Crippen LogP contribution in [0.5, 0.6) is 0 Å². The number of rotatable bonds is 3. The van der Waals surface area contributed by atoms with E-state index in [4.69, 9.17) is 4.74 Å². The van der Waals surface area contributed by atoms with Gasteiger partial charge in [-0.25, -0.2) is 0 Å². The van der Waals surface area contributed by atoms with E-state index in [-0.39, 0.29) is 5.91 Å². The van der Waals surface area contributed by atoms with Crippen molar-refractivity contribution in [2.24, 2.45) is 5.92 Å². The van der Waals surface area contributed by atoms with Crippen LogP contribution < -0.4 is 0 Å². The predicted molar refractivity (Wildman–Crippen MR) is 46.8 cm³/mol. The number of carbonyl (C=O) groups is 1. The van der Waals surface area contributed by atoms with E-state index in [1.54, 1.807) is 7.11 Å². The van der Waals surface area contributed by atoms with Crippen molar-refractivity contribution in [3.8, 4) is 0 Å². The normalized spacial score (nSPS) is 22.8. The van der Waals surface area contributed by atoms with Gasteiger partial charge >= 0.3 is 0 Å². The molecule has 0 aliphatic carbocycles. The standard InChI is InChI=1S/C9H15NO2/c1-3-9(11)10-5-4-8(6-10)7-12-2/h3,8H,1,4-7H2,2H3. The molecular formula is C9H15NO2. The average Bonchev–Trinajstić information content (AvgIpc) is 2.52. The smallest absolute Gasteiger partial charge is 0.245 e. The molecule has 0 bridgehead atoms. The first kappa shape index (κ1) is 9.26. The van der Waals surface area contributed by atoms with Gasteiger partial charge in [-0.1, -0.05) is 6.58 Å². The Hall–Kier alpha value is -0.830. The highest BCUT2D eigenvalue weighted by Gasteiger charge is 2.24. The third-order valence-electron chi connectivity index (χ3n) is 2.17. The SMILES string of the molecule is C=CC(=O)N1CCC(COC)C1. The Bertz CT molecular complexity index is 179. The summed E-state index contributed by atoms with van der Waals surface area (Å²) in [6.45, 7) is 5.87. The van der Waals surface area contributed by atoms with Gasteiger partial charge in [0.25, 0.3) is 0 Å². The molecule has 1 unspecified atom stereocenters. The summed E-state index contributed by atoms with van der Waals surface area (Å²) in [5, 5.41) is 0. The number of hydrogen-bond acceptors (Lipinski definition) is 2. The molecule has 3 heteroatoms. The summed E-state index contributed by atoms with van der Waals surface area (Å²) < 4.78 is 5.02. The number of methoxy groups -OCH3 is 1. The molecule has 0 aromatic heterocycles. The molecule has 1 aliphatic rings. The van der Waals surface area contributed by atoms with Crippen molar-refractivity contribution < 1.29 is 9.53 Å². The van der Waals surface area contributed by atoms with Gasteiger partial charge < -0.3 is 9.64 Å². The second kappa shape index (κ2) is 4.26. The van der Waals surface area contributed by atoms with E-state index in [2.05, 4.69) is 6.58 Å². The van der Waals surface area contributed by atoms with Gasteiger partial charge in [0.15, 0.2) is 0 Å². The summed E-state index contributed by atoms with van der Waals surface area (Å²) in [6.07, 6.45) is 2.42. The first-order valence-corrected chi connectivity index (χ1v) is 4.18. The molecule has 1 heterocycles. The van der Waals surface area contributed by atoms with Crippen molar-refractivity contribution in [3.05, 3.63) is 12.7 Å². The predicted octanol–water partition coefficient (Wildman–Crippen LogP) is 0.667. The number of hydrogen-bond donors (Lipinski definition) is 0.